The molecule has 0 heterocycles. The number of carbonyl (C=O) groups excluding carboxylic acids is 4. The summed E-state index contributed by atoms with van der Waals surface area (Å²) in [6.07, 6.45) is -1.13. The molecule has 0 fully saturated rings. The van der Waals surface area contributed by atoms with E-state index in [1.165, 1.54) is 0 Å². The average molecular weight is 395 g/mol. The van der Waals surface area contributed by atoms with E-state index < -0.39 is 24.0 Å². The van der Waals surface area contributed by atoms with Crippen LogP contribution in [0.4, 0.5) is 10.5 Å². The normalized spacial score (nSPS) is 11.6. The van der Waals surface area contributed by atoms with Crippen LogP contribution in [0.5, 0.6) is 0 Å². The second-order valence-corrected chi connectivity index (χ2v) is 7.35. The number of thioether (sulfide) groups is 1. The van der Waals surface area contributed by atoms with Gasteiger partial charge in [-0.1, -0.05) is 31.5 Å². The van der Waals surface area contributed by atoms with E-state index in [0.717, 1.165) is 28.6 Å². The fourth-order valence-electron chi connectivity index (χ4n) is 2.23. The van der Waals surface area contributed by atoms with Crippen molar-refractivity contribution in [3.05, 3.63) is 29.3 Å². The molecule has 0 saturated heterocycles. The van der Waals surface area contributed by atoms with Crippen molar-refractivity contribution < 1.29 is 23.9 Å². The first kappa shape index (κ1) is 22.5. The molecule has 4 amide bonds. The highest BCUT2D eigenvalue weighted by Gasteiger charge is 2.27. The Bertz CT molecular complexity index is 721. The average Bonchev–Trinajstić information content (AvgIpc) is 2.54. The molecule has 0 spiro atoms. The van der Waals surface area contributed by atoms with Gasteiger partial charge in [0.1, 0.15) is 0 Å². The monoisotopic (exact) mass is 395 g/mol. The molecule has 0 aromatic heterocycles. The van der Waals surface area contributed by atoms with Crippen LogP contribution in [0.25, 0.3) is 0 Å². The number of esters is 1. The first-order valence-corrected chi connectivity index (χ1v) is 9.50. The zero-order valence-corrected chi connectivity index (χ0v) is 16.6. The van der Waals surface area contributed by atoms with Crippen LogP contribution in [0.2, 0.25) is 0 Å². The first-order valence-electron chi connectivity index (χ1n) is 8.34. The van der Waals surface area contributed by atoms with Crippen molar-refractivity contribution in [3.8, 4) is 0 Å². The maximum atomic E-state index is 12.0. The third-order valence-corrected chi connectivity index (χ3v) is 4.38. The van der Waals surface area contributed by atoms with E-state index in [4.69, 9.17) is 10.5 Å². The van der Waals surface area contributed by atoms with Crippen molar-refractivity contribution in [2.45, 2.75) is 33.8 Å². The molecule has 0 bridgehead atoms. The molecular formula is C18H25N3O5S. The molecule has 1 rings (SSSR count). The highest BCUT2D eigenvalue weighted by molar-refractivity contribution is 8.00. The topological polar surface area (TPSA) is 128 Å². The van der Waals surface area contributed by atoms with E-state index in [0.29, 0.717) is 0 Å². The van der Waals surface area contributed by atoms with E-state index in [1.807, 2.05) is 37.4 Å². The zero-order chi connectivity index (χ0) is 20.6. The fourth-order valence-corrected chi connectivity index (χ4v) is 2.82. The van der Waals surface area contributed by atoms with Gasteiger partial charge in [-0.2, -0.15) is 0 Å². The van der Waals surface area contributed by atoms with Crippen molar-refractivity contribution >= 4 is 41.3 Å². The Hall–Kier alpha value is -2.55. The molecule has 0 aliphatic carbocycles. The zero-order valence-electron chi connectivity index (χ0n) is 15.8. The number of carbonyl (C=O) groups is 4. The minimum atomic E-state index is -1.13. The predicted octanol–water partition coefficient (Wildman–Crippen LogP) is 1.74. The van der Waals surface area contributed by atoms with E-state index >= 15 is 0 Å². The third-order valence-electron chi connectivity index (χ3n) is 3.48. The van der Waals surface area contributed by atoms with Crippen molar-refractivity contribution in [2.24, 2.45) is 11.7 Å². The number of hydrogen-bond donors (Lipinski definition) is 3. The van der Waals surface area contributed by atoms with Crippen molar-refractivity contribution in [3.63, 3.8) is 0 Å². The van der Waals surface area contributed by atoms with Crippen LogP contribution in [0.15, 0.2) is 18.2 Å². The van der Waals surface area contributed by atoms with Crippen LogP contribution in [0.3, 0.4) is 0 Å². The number of aryl methyl sites for hydroxylation is 2. The summed E-state index contributed by atoms with van der Waals surface area (Å²) in [5.74, 6) is -2.06. The minimum Gasteiger partial charge on any atom is -0.451 e. The second-order valence-electron chi connectivity index (χ2n) is 6.37. The summed E-state index contributed by atoms with van der Waals surface area (Å²) in [4.78, 5) is 46.5. The lowest BCUT2D eigenvalue weighted by atomic mass is 10.1. The first-order chi connectivity index (χ1) is 12.6. The maximum absolute atomic E-state index is 12.0. The lowest BCUT2D eigenvalue weighted by molar-refractivity contribution is -0.155. The van der Waals surface area contributed by atoms with Gasteiger partial charge < -0.3 is 15.8 Å². The van der Waals surface area contributed by atoms with Crippen molar-refractivity contribution in [1.82, 2.24) is 5.32 Å². The fraction of sp³-hybridized carbons (Fsp3) is 0.444. The SMILES string of the molecule is Cc1ccc(NC(=O)CSCC(=O)O[C@@H](C(=O)NC(N)=O)C(C)C)c(C)c1. The molecule has 0 aliphatic rings. The van der Waals surface area contributed by atoms with Gasteiger partial charge in [-0.05, 0) is 31.4 Å². The molecule has 0 aliphatic heterocycles. The highest BCUT2D eigenvalue weighted by atomic mass is 32.2. The van der Waals surface area contributed by atoms with Gasteiger partial charge in [0, 0.05) is 5.69 Å². The van der Waals surface area contributed by atoms with E-state index in [2.05, 4.69) is 5.32 Å². The highest BCUT2D eigenvalue weighted by Crippen LogP contribution is 2.16. The number of hydrogen-bond acceptors (Lipinski definition) is 6. The van der Waals surface area contributed by atoms with Gasteiger partial charge in [0.25, 0.3) is 5.91 Å². The summed E-state index contributed by atoms with van der Waals surface area (Å²) in [5.41, 5.74) is 7.67. The number of amides is 4. The Morgan fingerprint density at radius 3 is 2.37 bits per heavy atom. The van der Waals surface area contributed by atoms with Crippen LogP contribution in [0, 0.1) is 19.8 Å². The standard InChI is InChI=1S/C18H25N3O5S/c1-10(2)16(17(24)21-18(19)25)26-15(23)9-27-8-14(22)20-13-6-5-11(3)7-12(13)4/h5-7,10,16H,8-9H2,1-4H3,(H,20,22)(H3,19,21,24,25)/t16-/m1/s1. The number of anilines is 1. The van der Waals surface area contributed by atoms with E-state index in [-0.39, 0.29) is 23.3 Å². The van der Waals surface area contributed by atoms with Gasteiger partial charge in [-0.3, -0.25) is 19.7 Å². The minimum absolute atomic E-state index is 0.0578. The number of nitrogens with two attached hydrogens (primary N) is 1. The van der Waals surface area contributed by atoms with Gasteiger partial charge >= 0.3 is 12.0 Å². The molecule has 1 atom stereocenters. The van der Waals surface area contributed by atoms with Crippen LogP contribution in [0.1, 0.15) is 25.0 Å². The van der Waals surface area contributed by atoms with Crippen LogP contribution in [-0.4, -0.2) is 41.4 Å². The number of rotatable bonds is 8. The van der Waals surface area contributed by atoms with Crippen molar-refractivity contribution in [1.29, 1.82) is 0 Å². The smallest absolute Gasteiger partial charge is 0.318 e. The molecule has 0 saturated carbocycles. The Morgan fingerprint density at radius 2 is 1.81 bits per heavy atom. The summed E-state index contributed by atoms with van der Waals surface area (Å²) in [6, 6.07) is 4.67. The number of benzene rings is 1. The number of ether oxygens (including phenoxy) is 1. The summed E-state index contributed by atoms with van der Waals surface area (Å²) in [7, 11) is 0. The molecule has 4 N–H and O–H groups in total. The summed E-state index contributed by atoms with van der Waals surface area (Å²) >= 11 is 1.07. The molecule has 1 aromatic carbocycles. The van der Waals surface area contributed by atoms with E-state index in [9.17, 15) is 19.2 Å². The quantitative estimate of drug-likeness (QED) is 0.575. The largest absolute Gasteiger partial charge is 0.451 e. The Kier molecular flexibility index (Phi) is 8.80. The third kappa shape index (κ3) is 8.12. The molecule has 0 radical (unpaired) electrons. The van der Waals surface area contributed by atoms with Gasteiger partial charge in [0.15, 0.2) is 6.10 Å². The molecule has 27 heavy (non-hydrogen) atoms. The maximum Gasteiger partial charge on any atom is 0.318 e. The number of nitrogens with one attached hydrogen (secondary N) is 2. The molecule has 148 valence electrons. The molecule has 1 aromatic rings. The van der Waals surface area contributed by atoms with Gasteiger partial charge in [0.05, 0.1) is 11.5 Å². The molecule has 0 unspecified atom stereocenters. The lowest BCUT2D eigenvalue weighted by Crippen LogP contribution is -2.45. The summed E-state index contributed by atoms with van der Waals surface area (Å²) < 4.78 is 5.10. The lowest BCUT2D eigenvalue weighted by Gasteiger charge is -2.19. The second kappa shape index (κ2) is 10.6. The Balaban J connectivity index is 2.45. The van der Waals surface area contributed by atoms with Crippen LogP contribution in [-0.2, 0) is 19.1 Å². The summed E-state index contributed by atoms with van der Waals surface area (Å²) in [6.45, 7) is 7.20. The van der Waals surface area contributed by atoms with Crippen molar-refractivity contribution in [2.75, 3.05) is 16.8 Å². The predicted molar refractivity (Wildman–Crippen MR) is 104 cm³/mol. The van der Waals surface area contributed by atoms with Gasteiger partial charge in [0.2, 0.25) is 5.91 Å². The molecular weight excluding hydrogens is 370 g/mol. The Morgan fingerprint density at radius 1 is 1.15 bits per heavy atom. The molecule has 8 nitrogen and oxygen atoms in total. The van der Waals surface area contributed by atoms with Gasteiger partial charge in [-0.15, -0.1) is 11.8 Å². The number of urea groups is 1. The Labute approximate surface area is 162 Å². The molecule has 9 heteroatoms. The van der Waals surface area contributed by atoms with Crippen LogP contribution >= 0.6 is 11.8 Å². The number of imide groups is 1. The number of primary amides is 1. The summed E-state index contributed by atoms with van der Waals surface area (Å²) in [5, 5.41) is 4.67. The van der Waals surface area contributed by atoms with Crippen LogP contribution < -0.4 is 16.4 Å². The van der Waals surface area contributed by atoms with E-state index in [1.54, 1.807) is 13.8 Å². The van der Waals surface area contributed by atoms with Gasteiger partial charge in [-0.25, -0.2) is 4.79 Å².